The summed E-state index contributed by atoms with van der Waals surface area (Å²) in [4.78, 5) is 15.7. The molecule has 0 aliphatic carbocycles. The summed E-state index contributed by atoms with van der Waals surface area (Å²) in [6.45, 7) is 2.08. The van der Waals surface area contributed by atoms with Gasteiger partial charge in [0.25, 0.3) is 0 Å². The predicted molar refractivity (Wildman–Crippen MR) is 57.2 cm³/mol. The quantitative estimate of drug-likeness (QED) is 0.739. The van der Waals surface area contributed by atoms with Crippen LogP contribution in [0.3, 0.4) is 0 Å². The maximum atomic E-state index is 11.7. The Morgan fingerprint density at radius 3 is 2.93 bits per heavy atom. The molecular formula is C10H18N4O. The van der Waals surface area contributed by atoms with Crippen molar-refractivity contribution in [1.29, 1.82) is 0 Å². The van der Waals surface area contributed by atoms with E-state index in [1.165, 1.54) is 6.33 Å². The lowest BCUT2D eigenvalue weighted by atomic mass is 10.0. The fraction of sp³-hybridized carbons (Fsp3) is 0.700. The number of carbonyl (C=O) groups excluding carboxylic acids is 1. The van der Waals surface area contributed by atoms with Crippen LogP contribution in [0, 0.1) is 0 Å². The van der Waals surface area contributed by atoms with Gasteiger partial charge < -0.3 is 5.73 Å². The van der Waals surface area contributed by atoms with Gasteiger partial charge in [0.1, 0.15) is 12.2 Å². The minimum Gasteiger partial charge on any atom is -0.321 e. The van der Waals surface area contributed by atoms with Crippen LogP contribution in [0.1, 0.15) is 32.0 Å². The topological polar surface area (TPSA) is 73.8 Å². The van der Waals surface area contributed by atoms with Gasteiger partial charge in [0.2, 0.25) is 0 Å². The van der Waals surface area contributed by atoms with E-state index in [1.807, 2.05) is 0 Å². The van der Waals surface area contributed by atoms with Crippen LogP contribution in [0.25, 0.3) is 0 Å². The van der Waals surface area contributed by atoms with Crippen LogP contribution >= 0.6 is 0 Å². The van der Waals surface area contributed by atoms with Gasteiger partial charge in [0, 0.05) is 7.05 Å². The number of hydrogen-bond acceptors (Lipinski definition) is 4. The van der Waals surface area contributed by atoms with Crippen molar-refractivity contribution in [1.82, 2.24) is 14.8 Å². The first-order valence-corrected chi connectivity index (χ1v) is 5.26. The van der Waals surface area contributed by atoms with Gasteiger partial charge in [-0.3, -0.25) is 9.48 Å². The molecular weight excluding hydrogens is 192 g/mol. The Kier molecular flexibility index (Phi) is 4.42. The van der Waals surface area contributed by atoms with Crippen molar-refractivity contribution in [2.45, 2.75) is 38.6 Å². The number of carbonyl (C=O) groups is 1. The van der Waals surface area contributed by atoms with E-state index in [9.17, 15) is 4.79 Å². The van der Waals surface area contributed by atoms with Gasteiger partial charge in [-0.15, -0.1) is 0 Å². The van der Waals surface area contributed by atoms with Crippen LogP contribution in [0.4, 0.5) is 0 Å². The lowest BCUT2D eigenvalue weighted by Gasteiger charge is -2.08. The van der Waals surface area contributed by atoms with Gasteiger partial charge in [-0.2, -0.15) is 5.10 Å². The van der Waals surface area contributed by atoms with Gasteiger partial charge in [0.05, 0.1) is 12.5 Å². The van der Waals surface area contributed by atoms with Gasteiger partial charge in [0.15, 0.2) is 5.78 Å². The lowest BCUT2D eigenvalue weighted by Crippen LogP contribution is -2.32. The highest BCUT2D eigenvalue weighted by Gasteiger charge is 2.15. The molecule has 0 aliphatic heterocycles. The molecule has 1 aromatic heterocycles. The fourth-order valence-electron chi connectivity index (χ4n) is 1.35. The van der Waals surface area contributed by atoms with Gasteiger partial charge >= 0.3 is 0 Å². The number of nitrogens with two attached hydrogens (primary N) is 1. The average Bonchev–Trinajstić information content (AvgIpc) is 2.61. The van der Waals surface area contributed by atoms with E-state index in [0.717, 1.165) is 19.3 Å². The van der Waals surface area contributed by atoms with E-state index >= 15 is 0 Å². The summed E-state index contributed by atoms with van der Waals surface area (Å²) in [5.74, 6) is 0.714. The van der Waals surface area contributed by atoms with E-state index in [4.69, 9.17) is 5.73 Å². The van der Waals surface area contributed by atoms with Gasteiger partial charge in [-0.05, 0) is 6.42 Å². The zero-order valence-corrected chi connectivity index (χ0v) is 9.31. The first-order chi connectivity index (χ1) is 7.15. The van der Waals surface area contributed by atoms with Crippen molar-refractivity contribution in [3.8, 4) is 0 Å². The number of aryl methyl sites for hydroxylation is 1. The van der Waals surface area contributed by atoms with Crippen LogP contribution in [-0.2, 0) is 18.3 Å². The monoisotopic (exact) mass is 210 g/mol. The number of unbranched alkanes of at least 4 members (excludes halogenated alkanes) is 1. The summed E-state index contributed by atoms with van der Waals surface area (Å²) < 4.78 is 1.60. The SMILES string of the molecule is CCCCC(N)C(=O)Cc1ncnn1C. The molecule has 1 unspecified atom stereocenters. The summed E-state index contributed by atoms with van der Waals surface area (Å²) in [5.41, 5.74) is 5.76. The lowest BCUT2D eigenvalue weighted by molar-refractivity contribution is -0.119. The molecule has 1 aromatic rings. The van der Waals surface area contributed by atoms with Crippen molar-refractivity contribution in [3.63, 3.8) is 0 Å². The first kappa shape index (κ1) is 11.8. The molecule has 15 heavy (non-hydrogen) atoms. The third-order valence-corrected chi connectivity index (χ3v) is 2.42. The molecule has 5 nitrogen and oxygen atoms in total. The van der Waals surface area contributed by atoms with Gasteiger partial charge in [-0.25, -0.2) is 4.98 Å². The number of aromatic nitrogens is 3. The van der Waals surface area contributed by atoms with E-state index in [2.05, 4.69) is 17.0 Å². The number of hydrogen-bond donors (Lipinski definition) is 1. The van der Waals surface area contributed by atoms with Crippen LogP contribution in [0.15, 0.2) is 6.33 Å². The number of Topliss-reactive ketones (excluding diaryl/α,β-unsaturated/α-hetero) is 1. The molecule has 0 aromatic carbocycles. The molecule has 0 bridgehead atoms. The normalized spacial score (nSPS) is 12.7. The molecule has 84 valence electrons. The summed E-state index contributed by atoms with van der Waals surface area (Å²) in [7, 11) is 1.77. The molecule has 5 heteroatoms. The average molecular weight is 210 g/mol. The summed E-state index contributed by atoms with van der Waals surface area (Å²) in [6, 6.07) is -0.360. The fourth-order valence-corrected chi connectivity index (χ4v) is 1.35. The smallest absolute Gasteiger partial charge is 0.157 e. The molecule has 1 rings (SSSR count). The largest absolute Gasteiger partial charge is 0.321 e. The van der Waals surface area contributed by atoms with Crippen LogP contribution < -0.4 is 5.73 Å². The molecule has 0 radical (unpaired) electrons. The van der Waals surface area contributed by atoms with Crippen molar-refractivity contribution >= 4 is 5.78 Å². The summed E-state index contributed by atoms with van der Waals surface area (Å²) >= 11 is 0. The Balaban J connectivity index is 2.45. The summed E-state index contributed by atoms with van der Waals surface area (Å²) in [5, 5.41) is 3.90. The van der Waals surface area contributed by atoms with Gasteiger partial charge in [-0.1, -0.05) is 19.8 Å². The zero-order chi connectivity index (χ0) is 11.3. The Hall–Kier alpha value is -1.23. The first-order valence-electron chi connectivity index (χ1n) is 5.26. The predicted octanol–water partition coefficient (Wildman–Crippen LogP) is 0.444. The van der Waals surface area contributed by atoms with Crippen LogP contribution in [0.2, 0.25) is 0 Å². The molecule has 2 N–H and O–H groups in total. The third kappa shape index (κ3) is 3.43. The molecule has 1 atom stereocenters. The highest BCUT2D eigenvalue weighted by molar-refractivity contribution is 5.85. The Morgan fingerprint density at radius 2 is 2.40 bits per heavy atom. The molecule has 0 fully saturated rings. The number of rotatable bonds is 6. The molecule has 0 aliphatic rings. The van der Waals surface area contributed by atoms with E-state index < -0.39 is 0 Å². The summed E-state index contributed by atoms with van der Waals surface area (Å²) in [6.07, 6.45) is 4.53. The second kappa shape index (κ2) is 5.60. The minimum atomic E-state index is -0.360. The molecule has 0 amide bonds. The highest BCUT2D eigenvalue weighted by atomic mass is 16.1. The number of nitrogens with zero attached hydrogens (tertiary/aromatic N) is 3. The minimum absolute atomic E-state index is 0.0413. The Bertz CT molecular complexity index is 321. The molecule has 0 spiro atoms. The molecule has 0 saturated carbocycles. The second-order valence-corrected chi connectivity index (χ2v) is 3.69. The number of ketones is 1. The van der Waals surface area contributed by atoms with Crippen molar-refractivity contribution in [3.05, 3.63) is 12.2 Å². The molecule has 1 heterocycles. The van der Waals surface area contributed by atoms with Crippen molar-refractivity contribution in [2.75, 3.05) is 0 Å². The van der Waals surface area contributed by atoms with E-state index in [-0.39, 0.29) is 18.2 Å². The zero-order valence-electron chi connectivity index (χ0n) is 9.31. The standard InChI is InChI=1S/C10H18N4O/c1-3-4-5-8(11)9(15)6-10-12-7-13-14(10)2/h7-8H,3-6,11H2,1-2H3. The van der Waals surface area contributed by atoms with Crippen LogP contribution in [-0.4, -0.2) is 26.6 Å². The maximum absolute atomic E-state index is 11.7. The Morgan fingerprint density at radius 1 is 1.67 bits per heavy atom. The molecule has 0 saturated heterocycles. The van der Waals surface area contributed by atoms with Crippen LogP contribution in [0.5, 0.6) is 0 Å². The van der Waals surface area contributed by atoms with Crippen molar-refractivity contribution < 1.29 is 4.79 Å². The highest BCUT2D eigenvalue weighted by Crippen LogP contribution is 2.02. The van der Waals surface area contributed by atoms with E-state index in [0.29, 0.717) is 5.82 Å². The van der Waals surface area contributed by atoms with Crippen molar-refractivity contribution in [2.24, 2.45) is 12.8 Å². The third-order valence-electron chi connectivity index (χ3n) is 2.42. The van der Waals surface area contributed by atoms with E-state index in [1.54, 1.807) is 11.7 Å². The Labute approximate surface area is 89.7 Å². The second-order valence-electron chi connectivity index (χ2n) is 3.69. The maximum Gasteiger partial charge on any atom is 0.157 e.